The van der Waals surface area contributed by atoms with E-state index in [0.717, 1.165) is 51.7 Å². The number of benzene rings is 5. The molecule has 2 aromatic heterocycles. The van der Waals surface area contributed by atoms with Crippen molar-refractivity contribution in [2.24, 2.45) is 0 Å². The van der Waals surface area contributed by atoms with E-state index in [-0.39, 0.29) is 0 Å². The Labute approximate surface area is 254 Å². The third-order valence-corrected chi connectivity index (χ3v) is 10.2. The average molecular weight is 636 g/mol. The lowest BCUT2D eigenvalue weighted by molar-refractivity contribution is -0.0500. The number of anilines is 3. The van der Waals surface area contributed by atoms with E-state index in [2.05, 4.69) is 45.5 Å². The van der Waals surface area contributed by atoms with E-state index in [1.807, 2.05) is 62.4 Å². The molecule has 5 aromatic carbocycles. The highest BCUT2D eigenvalue weighted by molar-refractivity contribution is 7.88. The van der Waals surface area contributed by atoms with Gasteiger partial charge in [-0.05, 0) is 48.5 Å². The molecule has 0 spiro atoms. The van der Waals surface area contributed by atoms with Crippen LogP contribution >= 0.6 is 22.7 Å². The lowest BCUT2D eigenvalue weighted by Gasteiger charge is -2.26. The predicted molar refractivity (Wildman–Crippen MR) is 174 cm³/mol. The largest absolute Gasteiger partial charge is 0.534 e. The molecule has 0 aliphatic carbocycles. The molecule has 0 amide bonds. The van der Waals surface area contributed by atoms with Crippen molar-refractivity contribution < 1.29 is 25.8 Å². The monoisotopic (exact) mass is 635 g/mol. The SMILES string of the molecule is CC.O=S(=O)(Oc1ccc(N(c2cccc3c2sc2ccccc23)c2cccc3c2sc2ccccc23)cc1)C(F)(F)F. The van der Waals surface area contributed by atoms with Crippen LogP contribution in [0.2, 0.25) is 0 Å². The minimum absolute atomic E-state index is 0.425. The van der Waals surface area contributed by atoms with Crippen LogP contribution in [0.25, 0.3) is 40.3 Å². The van der Waals surface area contributed by atoms with Crippen LogP contribution in [-0.2, 0) is 10.1 Å². The molecule has 4 nitrogen and oxygen atoms in total. The van der Waals surface area contributed by atoms with Crippen molar-refractivity contribution in [1.82, 2.24) is 0 Å². The zero-order valence-electron chi connectivity index (χ0n) is 22.9. The number of halogens is 3. The summed E-state index contributed by atoms with van der Waals surface area (Å²) in [7, 11) is -5.79. The summed E-state index contributed by atoms with van der Waals surface area (Å²) in [6.07, 6.45) is 0. The Kier molecular flexibility index (Phi) is 7.53. The van der Waals surface area contributed by atoms with Crippen LogP contribution in [0.3, 0.4) is 0 Å². The fourth-order valence-corrected chi connectivity index (χ4v) is 7.92. The van der Waals surface area contributed by atoms with Crippen molar-refractivity contribution in [2.75, 3.05) is 4.90 Å². The number of thiophene rings is 2. The van der Waals surface area contributed by atoms with Gasteiger partial charge in [0, 0.05) is 36.6 Å². The fraction of sp³-hybridized carbons (Fsp3) is 0.0909. The molecule has 43 heavy (non-hydrogen) atoms. The molecule has 0 saturated carbocycles. The standard InChI is InChI=1S/C31H18F3NO3S3.C2H6/c32-31(33,34)41(36,37)38-20-17-15-19(16-18-20)35(25-11-5-9-23-21-7-1-3-13-27(21)39-29(23)25)26-12-6-10-24-22-8-2-4-14-28(22)40-30(24)26;1-2/h1-18H;1-2H3. The van der Waals surface area contributed by atoms with Gasteiger partial charge in [0.05, 0.1) is 20.8 Å². The van der Waals surface area contributed by atoms with Crippen LogP contribution in [0.1, 0.15) is 13.8 Å². The lowest BCUT2D eigenvalue weighted by Crippen LogP contribution is -2.28. The van der Waals surface area contributed by atoms with Gasteiger partial charge < -0.3 is 9.08 Å². The second-order valence-electron chi connectivity index (χ2n) is 9.32. The summed E-state index contributed by atoms with van der Waals surface area (Å²) < 4.78 is 70.7. The van der Waals surface area contributed by atoms with Crippen LogP contribution in [0.5, 0.6) is 5.75 Å². The Hall–Kier alpha value is -4.12. The van der Waals surface area contributed by atoms with E-state index in [1.165, 1.54) is 12.1 Å². The van der Waals surface area contributed by atoms with Crippen LogP contribution < -0.4 is 9.08 Å². The minimum atomic E-state index is -5.79. The Morgan fingerprint density at radius 2 is 1.05 bits per heavy atom. The van der Waals surface area contributed by atoms with Gasteiger partial charge in [0.15, 0.2) is 0 Å². The van der Waals surface area contributed by atoms with Gasteiger partial charge in [-0.25, -0.2) is 0 Å². The van der Waals surface area contributed by atoms with E-state index in [4.69, 9.17) is 0 Å². The van der Waals surface area contributed by atoms with E-state index >= 15 is 0 Å². The van der Waals surface area contributed by atoms with Crippen molar-refractivity contribution >= 4 is 90.2 Å². The molecule has 0 saturated heterocycles. The molecule has 0 aliphatic heterocycles. The highest BCUT2D eigenvalue weighted by atomic mass is 32.2. The zero-order valence-corrected chi connectivity index (χ0v) is 25.4. The average Bonchev–Trinajstić information content (AvgIpc) is 3.58. The number of nitrogens with zero attached hydrogens (tertiary/aromatic N) is 1. The molecule has 218 valence electrons. The van der Waals surface area contributed by atoms with Gasteiger partial charge in [-0.1, -0.05) is 74.5 Å². The second kappa shape index (κ2) is 11.2. The van der Waals surface area contributed by atoms with E-state index in [9.17, 15) is 21.6 Å². The van der Waals surface area contributed by atoms with Crippen molar-refractivity contribution in [2.45, 2.75) is 19.4 Å². The third kappa shape index (κ3) is 5.09. The van der Waals surface area contributed by atoms with E-state index in [1.54, 1.807) is 34.8 Å². The molecule has 10 heteroatoms. The van der Waals surface area contributed by atoms with Crippen molar-refractivity contribution in [3.63, 3.8) is 0 Å². The van der Waals surface area contributed by atoms with Gasteiger partial charge in [-0.3, -0.25) is 0 Å². The summed E-state index contributed by atoms with van der Waals surface area (Å²) in [5.41, 5.74) is -3.10. The molecule has 7 aromatic rings. The van der Waals surface area contributed by atoms with Gasteiger partial charge in [-0.15, -0.1) is 22.7 Å². The molecule has 0 fully saturated rings. The molecule has 0 bridgehead atoms. The van der Waals surface area contributed by atoms with E-state index in [0.29, 0.717) is 5.69 Å². The summed E-state index contributed by atoms with van der Waals surface area (Å²) in [6.45, 7) is 4.00. The molecule has 0 unspecified atom stereocenters. The van der Waals surface area contributed by atoms with Crippen LogP contribution in [0.15, 0.2) is 109 Å². The maximum Gasteiger partial charge on any atom is 0.534 e. The number of hydrogen-bond acceptors (Lipinski definition) is 6. The zero-order chi connectivity index (χ0) is 30.4. The molecule has 2 heterocycles. The van der Waals surface area contributed by atoms with Crippen LogP contribution in [0, 0.1) is 0 Å². The van der Waals surface area contributed by atoms with Gasteiger partial charge in [0.2, 0.25) is 0 Å². The second-order valence-corrected chi connectivity index (χ2v) is 13.0. The topological polar surface area (TPSA) is 46.6 Å². The summed E-state index contributed by atoms with van der Waals surface area (Å²) in [4.78, 5) is 2.07. The van der Waals surface area contributed by atoms with Crippen LogP contribution in [0.4, 0.5) is 30.2 Å². The smallest absolute Gasteiger partial charge is 0.376 e. The molecular weight excluding hydrogens is 612 g/mol. The number of hydrogen-bond donors (Lipinski definition) is 0. The summed E-state index contributed by atoms with van der Waals surface area (Å²) in [6, 6.07) is 34.1. The first kappa shape index (κ1) is 29.0. The van der Waals surface area contributed by atoms with Gasteiger partial charge in [0.1, 0.15) is 5.75 Å². The number of alkyl halides is 3. The highest BCUT2D eigenvalue weighted by Crippen LogP contribution is 2.48. The first-order valence-electron chi connectivity index (χ1n) is 13.4. The van der Waals surface area contributed by atoms with Crippen molar-refractivity contribution in [3.8, 4) is 5.75 Å². The number of fused-ring (bicyclic) bond motifs is 6. The molecule has 0 N–H and O–H groups in total. The molecular formula is C33H24F3NO3S3. The van der Waals surface area contributed by atoms with E-state index < -0.39 is 21.4 Å². The summed E-state index contributed by atoms with van der Waals surface area (Å²) in [5, 5.41) is 4.45. The van der Waals surface area contributed by atoms with Crippen molar-refractivity contribution in [1.29, 1.82) is 0 Å². The summed E-state index contributed by atoms with van der Waals surface area (Å²) in [5.74, 6) is -0.425. The van der Waals surface area contributed by atoms with Crippen molar-refractivity contribution in [3.05, 3.63) is 109 Å². The Bertz CT molecular complexity index is 2090. The minimum Gasteiger partial charge on any atom is -0.376 e. The predicted octanol–water partition coefficient (Wildman–Crippen LogP) is 11.1. The molecule has 0 atom stereocenters. The quantitative estimate of drug-likeness (QED) is 0.139. The maximum absolute atomic E-state index is 12.9. The van der Waals surface area contributed by atoms with Gasteiger partial charge >= 0.3 is 15.6 Å². The third-order valence-electron chi connectivity index (χ3n) is 6.83. The molecule has 7 rings (SSSR count). The Morgan fingerprint density at radius 1 is 0.605 bits per heavy atom. The fourth-order valence-electron chi connectivity index (χ4n) is 5.05. The first-order valence-corrected chi connectivity index (χ1v) is 16.5. The van der Waals surface area contributed by atoms with Gasteiger partial charge in [-0.2, -0.15) is 21.6 Å². The summed E-state index contributed by atoms with van der Waals surface area (Å²) >= 11 is 3.33. The lowest BCUT2D eigenvalue weighted by atomic mass is 10.1. The molecule has 0 radical (unpaired) electrons. The Balaban J connectivity index is 0.00000161. The first-order chi connectivity index (χ1) is 20.7. The highest BCUT2D eigenvalue weighted by Gasteiger charge is 2.48. The number of rotatable bonds is 5. The Morgan fingerprint density at radius 3 is 1.51 bits per heavy atom. The molecule has 0 aliphatic rings. The van der Waals surface area contributed by atoms with Gasteiger partial charge in [0.25, 0.3) is 0 Å². The maximum atomic E-state index is 12.9. The van der Waals surface area contributed by atoms with Crippen LogP contribution in [-0.4, -0.2) is 13.9 Å². The normalized spacial score (nSPS) is 12.0.